The van der Waals surface area contributed by atoms with E-state index in [0.717, 1.165) is 17.5 Å². The zero-order valence-electron chi connectivity index (χ0n) is 44.8. The average Bonchev–Trinajstić information content (AvgIpc) is 3.77. The molecule has 1 aliphatic heterocycles. The van der Waals surface area contributed by atoms with Crippen molar-refractivity contribution >= 4 is 67.7 Å². The molecular formula is C77H60N2Si. The molecule has 1 aromatic heterocycles. The first-order chi connectivity index (χ1) is 39.6. The monoisotopic (exact) mass is 1040 g/mol. The maximum Gasteiger partial charge on any atom is 0.179 e. The van der Waals surface area contributed by atoms with Crippen molar-refractivity contribution < 1.29 is 0 Å². The molecular weight excluding hydrogens is 981 g/mol. The van der Waals surface area contributed by atoms with E-state index < -0.39 is 13.5 Å². The first-order valence-electron chi connectivity index (χ1n) is 29.3. The van der Waals surface area contributed by atoms with E-state index in [0.29, 0.717) is 11.8 Å². The molecule has 3 heteroatoms. The Kier molecular flexibility index (Phi) is 10.2. The van der Waals surface area contributed by atoms with Gasteiger partial charge in [-0.25, -0.2) is 0 Å². The molecule has 11 aromatic carbocycles. The van der Waals surface area contributed by atoms with Crippen LogP contribution in [0.2, 0.25) is 0 Å². The van der Waals surface area contributed by atoms with Crippen LogP contribution < -0.4 is 25.6 Å². The first kappa shape index (κ1) is 46.2. The lowest BCUT2D eigenvalue weighted by Crippen LogP contribution is -2.74. The molecule has 5 aliphatic carbocycles. The van der Waals surface area contributed by atoms with Gasteiger partial charge >= 0.3 is 0 Å². The average molecular weight is 1040 g/mol. The fourth-order valence-corrected chi connectivity index (χ4v) is 22.5. The maximum atomic E-state index is 2.64. The zero-order valence-corrected chi connectivity index (χ0v) is 45.8. The molecule has 0 unspecified atom stereocenters. The smallest absolute Gasteiger partial charge is 0.179 e. The first-order valence-corrected chi connectivity index (χ1v) is 31.3. The van der Waals surface area contributed by atoms with Crippen LogP contribution in [0.15, 0.2) is 279 Å². The summed E-state index contributed by atoms with van der Waals surface area (Å²) in [4.78, 5) is 2.64. The maximum absolute atomic E-state index is 2.81. The van der Waals surface area contributed by atoms with Crippen LogP contribution in [0.5, 0.6) is 0 Å². The van der Waals surface area contributed by atoms with Crippen LogP contribution in [0, 0.1) is 23.7 Å². The van der Waals surface area contributed by atoms with E-state index in [1.807, 2.05) is 0 Å². The van der Waals surface area contributed by atoms with Gasteiger partial charge < -0.3 is 9.47 Å². The minimum atomic E-state index is -2.81. The molecule has 382 valence electrons. The third-order valence-corrected chi connectivity index (χ3v) is 25.1. The van der Waals surface area contributed by atoms with E-state index in [2.05, 4.69) is 289 Å². The number of para-hydroxylation sites is 3. The summed E-state index contributed by atoms with van der Waals surface area (Å²) in [5, 5.41) is 8.02. The molecule has 0 N–H and O–H groups in total. The second-order valence-electron chi connectivity index (χ2n) is 23.9. The Morgan fingerprint density at radius 2 is 0.762 bits per heavy atom. The van der Waals surface area contributed by atoms with Gasteiger partial charge in [0.25, 0.3) is 0 Å². The highest BCUT2D eigenvalue weighted by Gasteiger charge is 2.61. The summed E-state index contributed by atoms with van der Waals surface area (Å²) in [5.74, 6) is 3.13. The molecule has 0 atom stereocenters. The number of rotatable bonds is 8. The summed E-state index contributed by atoms with van der Waals surface area (Å²) in [7, 11) is -2.81. The molecule has 4 saturated carbocycles. The highest BCUT2D eigenvalue weighted by atomic mass is 28.3. The lowest BCUT2D eigenvalue weighted by molar-refractivity contribution is -0.0419. The van der Waals surface area contributed by atoms with Gasteiger partial charge in [0.1, 0.15) is 0 Å². The number of nitrogens with zero attached hydrogens (tertiary/aromatic N) is 2. The summed E-state index contributed by atoms with van der Waals surface area (Å²) in [6, 6.07) is 107. The van der Waals surface area contributed by atoms with Crippen molar-refractivity contribution in [1.29, 1.82) is 0 Å². The van der Waals surface area contributed by atoms with Gasteiger partial charge in [-0.15, -0.1) is 0 Å². The largest absolute Gasteiger partial charge is 0.310 e. The second-order valence-corrected chi connectivity index (χ2v) is 27.7. The lowest BCUT2D eigenvalue weighted by Gasteiger charge is -2.64. The van der Waals surface area contributed by atoms with Gasteiger partial charge in [-0.1, -0.05) is 231 Å². The van der Waals surface area contributed by atoms with Gasteiger partial charge in [0.15, 0.2) is 8.07 Å². The van der Waals surface area contributed by atoms with Crippen LogP contribution in [-0.2, 0) is 10.8 Å². The standard InChI is InChI=1S/C77H60N2Si/c1-6-22-54(23-7-1)76(55-24-8-2-9-25-55)68-41-38-58(78-72-35-19-16-32-64(72)67-51-63(40-43-73(67)78)80(60-26-10-3-11-27-60,61-28-12-4-13-29-61)62-30-14-5-15-31-62)49-65(68)66-50-59(39-42-69(66)76)79-74-36-20-17-33-70(74)77(71-34-18-21-37-75(71)79)56-45-52-44-53(47-56)48-57(77)46-52/h1-43,49-53,56-57H,44-48H2. The van der Waals surface area contributed by atoms with E-state index in [1.165, 1.54) is 125 Å². The number of benzene rings is 11. The van der Waals surface area contributed by atoms with Gasteiger partial charge in [0, 0.05) is 27.6 Å². The van der Waals surface area contributed by atoms with Crippen LogP contribution >= 0.6 is 0 Å². The molecule has 2 heterocycles. The minimum absolute atomic E-state index is 0.0442. The van der Waals surface area contributed by atoms with Crippen LogP contribution in [-0.4, -0.2) is 12.6 Å². The molecule has 2 nitrogen and oxygen atoms in total. The molecule has 6 aliphatic rings. The summed E-state index contributed by atoms with van der Waals surface area (Å²) < 4.78 is 2.54. The molecule has 12 aromatic rings. The van der Waals surface area contributed by atoms with Crippen molar-refractivity contribution in [3.8, 4) is 16.8 Å². The lowest BCUT2D eigenvalue weighted by atomic mass is 9.41. The van der Waals surface area contributed by atoms with Gasteiger partial charge in [-0.2, -0.15) is 0 Å². The molecule has 18 rings (SSSR count). The normalized spacial score (nSPS) is 19.7. The zero-order chi connectivity index (χ0) is 52.6. The van der Waals surface area contributed by atoms with Gasteiger partial charge in [-0.05, 0) is 170 Å². The SMILES string of the molecule is c1ccc(C2(c3ccccc3)c3ccc(N4c5ccccc5C5(c6ccccc64)C4CC6CC(C4)CC5C6)cc3-c3cc(-n4c5ccccc5c5cc([Si](c6ccccc6)(c6ccccc6)c6ccccc6)ccc54)ccc32)cc1. The number of aromatic nitrogens is 1. The fourth-order valence-electron chi connectivity index (χ4n) is 17.7. The summed E-state index contributed by atoms with van der Waals surface area (Å²) >= 11 is 0. The van der Waals surface area contributed by atoms with E-state index in [-0.39, 0.29) is 5.41 Å². The third kappa shape index (κ3) is 6.24. The Hall–Kier alpha value is -8.76. The number of hydrogen-bond acceptors (Lipinski definition) is 1. The second kappa shape index (κ2) is 17.6. The van der Waals surface area contributed by atoms with E-state index in [9.17, 15) is 0 Å². The van der Waals surface area contributed by atoms with Crippen molar-refractivity contribution in [2.24, 2.45) is 23.7 Å². The van der Waals surface area contributed by atoms with E-state index in [1.54, 1.807) is 11.1 Å². The van der Waals surface area contributed by atoms with Gasteiger partial charge in [0.05, 0.1) is 27.8 Å². The number of fused-ring (bicyclic) bond motifs is 8. The fraction of sp³-hybridized carbons (Fsp3) is 0.143. The van der Waals surface area contributed by atoms with Crippen LogP contribution in [0.4, 0.5) is 17.1 Å². The van der Waals surface area contributed by atoms with Crippen molar-refractivity contribution in [3.05, 3.63) is 312 Å². The number of anilines is 3. The van der Waals surface area contributed by atoms with Crippen molar-refractivity contribution in [2.45, 2.75) is 42.9 Å². The molecule has 0 radical (unpaired) electrons. The molecule has 0 saturated heterocycles. The highest BCUT2D eigenvalue weighted by Crippen LogP contribution is 2.70. The highest BCUT2D eigenvalue weighted by molar-refractivity contribution is 7.20. The van der Waals surface area contributed by atoms with E-state index in [4.69, 9.17) is 0 Å². The Bertz CT molecular complexity index is 4160. The van der Waals surface area contributed by atoms with E-state index >= 15 is 0 Å². The Morgan fingerprint density at radius 3 is 1.30 bits per heavy atom. The molecule has 0 amide bonds. The molecule has 80 heavy (non-hydrogen) atoms. The van der Waals surface area contributed by atoms with Gasteiger partial charge in [-0.3, -0.25) is 0 Å². The number of hydrogen-bond donors (Lipinski definition) is 0. The van der Waals surface area contributed by atoms with Crippen molar-refractivity contribution in [3.63, 3.8) is 0 Å². The van der Waals surface area contributed by atoms with Gasteiger partial charge in [0.2, 0.25) is 0 Å². The van der Waals surface area contributed by atoms with Crippen LogP contribution in [0.25, 0.3) is 38.6 Å². The Morgan fingerprint density at radius 1 is 0.325 bits per heavy atom. The third-order valence-electron chi connectivity index (χ3n) is 20.4. The molecule has 4 fully saturated rings. The summed E-state index contributed by atoms with van der Waals surface area (Å²) in [6.07, 6.45) is 6.89. The quantitative estimate of drug-likeness (QED) is 0.109. The minimum Gasteiger partial charge on any atom is -0.310 e. The topological polar surface area (TPSA) is 8.17 Å². The molecule has 1 spiro atoms. The predicted octanol–water partition coefficient (Wildman–Crippen LogP) is 16.0. The predicted molar refractivity (Wildman–Crippen MR) is 334 cm³/mol. The van der Waals surface area contributed by atoms with Crippen LogP contribution in [0.1, 0.15) is 65.5 Å². The van der Waals surface area contributed by atoms with Crippen molar-refractivity contribution in [1.82, 2.24) is 4.57 Å². The summed E-state index contributed by atoms with van der Waals surface area (Å²) in [5.41, 5.74) is 17.8. The summed E-state index contributed by atoms with van der Waals surface area (Å²) in [6.45, 7) is 0. The van der Waals surface area contributed by atoms with Crippen molar-refractivity contribution in [2.75, 3.05) is 4.90 Å². The van der Waals surface area contributed by atoms with Crippen LogP contribution in [0.3, 0.4) is 0 Å². The Balaban J connectivity index is 0.895. The molecule has 4 bridgehead atoms. The Labute approximate surface area is 470 Å².